The normalized spacial score (nSPS) is 11.4. The Morgan fingerprint density at radius 1 is 1.00 bits per heavy atom. The molecule has 0 atom stereocenters. The van der Waals surface area contributed by atoms with Gasteiger partial charge in [0.2, 0.25) is 0 Å². The number of benzene rings is 2. The third-order valence-electron chi connectivity index (χ3n) is 4.98. The lowest BCUT2D eigenvalue weighted by Gasteiger charge is -2.08. The highest BCUT2D eigenvalue weighted by atomic mass is 32.1. The molecule has 0 fully saturated rings. The Labute approximate surface area is 176 Å². The Balaban J connectivity index is 1.83. The van der Waals surface area contributed by atoms with Gasteiger partial charge in [-0.1, -0.05) is 65.9 Å². The topological polar surface area (TPSA) is 69.9 Å². The number of fused-ring (bicyclic) bond motifs is 3. The van der Waals surface area contributed by atoms with Crippen molar-refractivity contribution in [3.63, 3.8) is 0 Å². The van der Waals surface area contributed by atoms with Crippen molar-refractivity contribution in [2.75, 3.05) is 13.7 Å². The summed E-state index contributed by atoms with van der Waals surface area (Å²) in [7, 11) is 1.59. The van der Waals surface area contributed by atoms with E-state index in [0.29, 0.717) is 23.4 Å². The molecule has 0 aliphatic carbocycles. The van der Waals surface area contributed by atoms with Gasteiger partial charge >= 0.3 is 0 Å². The molecule has 30 heavy (non-hydrogen) atoms. The minimum absolute atomic E-state index is 0.166. The summed E-state index contributed by atoms with van der Waals surface area (Å²) in [6.07, 6.45) is 0. The molecule has 0 amide bonds. The van der Waals surface area contributed by atoms with Gasteiger partial charge in [0.05, 0.1) is 18.8 Å². The third kappa shape index (κ3) is 3.18. The van der Waals surface area contributed by atoms with Crippen LogP contribution in [0.4, 0.5) is 0 Å². The van der Waals surface area contributed by atoms with Gasteiger partial charge in [0, 0.05) is 18.1 Å². The maximum absolute atomic E-state index is 13.0. The fourth-order valence-corrected chi connectivity index (χ4v) is 4.58. The van der Waals surface area contributed by atoms with Gasteiger partial charge in [-0.3, -0.25) is 4.79 Å². The number of hydrogen-bond acceptors (Lipinski definition) is 6. The number of aromatic nitrogens is 4. The summed E-state index contributed by atoms with van der Waals surface area (Å²) in [6.45, 7) is 0.761. The Morgan fingerprint density at radius 2 is 1.70 bits per heavy atom. The number of methoxy groups -OCH3 is 1. The van der Waals surface area contributed by atoms with Gasteiger partial charge in [0.25, 0.3) is 5.56 Å². The van der Waals surface area contributed by atoms with E-state index in [4.69, 9.17) is 9.72 Å². The van der Waals surface area contributed by atoms with Crippen LogP contribution in [0.3, 0.4) is 0 Å². The van der Waals surface area contributed by atoms with Gasteiger partial charge in [-0.2, -0.15) is 0 Å². The second-order valence-corrected chi connectivity index (χ2v) is 7.86. The minimum atomic E-state index is -0.166. The number of rotatable bonds is 5. The van der Waals surface area contributed by atoms with Crippen LogP contribution in [0.2, 0.25) is 0 Å². The summed E-state index contributed by atoms with van der Waals surface area (Å²) in [5, 5.41) is 9.40. The molecule has 2 aromatic carbocycles. The molecule has 0 saturated carbocycles. The predicted octanol–water partition coefficient (Wildman–Crippen LogP) is 4.38. The molecular formula is C23H18N4O2S. The van der Waals surface area contributed by atoms with Gasteiger partial charge < -0.3 is 4.74 Å². The van der Waals surface area contributed by atoms with Crippen molar-refractivity contribution in [3.8, 4) is 22.4 Å². The van der Waals surface area contributed by atoms with E-state index in [0.717, 1.165) is 32.6 Å². The van der Waals surface area contributed by atoms with Crippen LogP contribution in [0, 0.1) is 0 Å². The fraction of sp³-hybridized carbons (Fsp3) is 0.130. The summed E-state index contributed by atoms with van der Waals surface area (Å²) in [4.78, 5) is 18.7. The molecule has 0 radical (unpaired) electrons. The first kappa shape index (κ1) is 18.6. The first-order valence-corrected chi connectivity index (χ1v) is 10.4. The molecule has 0 saturated heterocycles. The summed E-state index contributed by atoms with van der Waals surface area (Å²) in [6, 6.07) is 22.2. The minimum Gasteiger partial charge on any atom is -0.383 e. The highest BCUT2D eigenvalue weighted by molar-refractivity contribution is 7.25. The van der Waals surface area contributed by atoms with Crippen LogP contribution >= 0.6 is 11.3 Å². The molecule has 5 rings (SSSR count). The Bertz CT molecular complexity index is 1400. The highest BCUT2D eigenvalue weighted by Crippen LogP contribution is 2.38. The largest absolute Gasteiger partial charge is 0.383 e. The van der Waals surface area contributed by atoms with Crippen molar-refractivity contribution in [2.45, 2.75) is 6.54 Å². The lowest BCUT2D eigenvalue weighted by atomic mass is 10.00. The van der Waals surface area contributed by atoms with E-state index in [1.54, 1.807) is 7.11 Å². The van der Waals surface area contributed by atoms with E-state index in [1.165, 1.54) is 16.0 Å². The standard InChI is InChI=1S/C23H18N4O2S/c1-29-13-12-27-23(28)21-20(25-26-27)19-17(15-8-4-2-5-9-15)14-18(24-22(19)30-21)16-10-6-3-7-11-16/h2-11,14H,12-13H2,1H3. The summed E-state index contributed by atoms with van der Waals surface area (Å²) < 4.78 is 6.99. The smallest absolute Gasteiger partial charge is 0.287 e. The van der Waals surface area contributed by atoms with Crippen LogP contribution in [-0.4, -0.2) is 33.7 Å². The molecule has 0 bridgehead atoms. The number of thiophene rings is 1. The molecule has 3 heterocycles. The molecule has 0 spiro atoms. The number of ether oxygens (including phenoxy) is 1. The van der Waals surface area contributed by atoms with Crippen LogP contribution < -0.4 is 5.56 Å². The van der Waals surface area contributed by atoms with Crippen LogP contribution in [0.5, 0.6) is 0 Å². The SMILES string of the molecule is COCCn1nnc2c(sc3nc(-c4ccccc4)cc(-c4ccccc4)c32)c1=O. The zero-order chi connectivity index (χ0) is 20.5. The number of nitrogens with zero attached hydrogens (tertiary/aromatic N) is 4. The molecule has 0 N–H and O–H groups in total. The Morgan fingerprint density at radius 3 is 2.40 bits per heavy atom. The fourth-order valence-electron chi connectivity index (χ4n) is 3.51. The van der Waals surface area contributed by atoms with E-state index >= 15 is 0 Å². The lowest BCUT2D eigenvalue weighted by molar-refractivity contribution is 0.181. The van der Waals surface area contributed by atoms with Gasteiger partial charge in [0.15, 0.2) is 0 Å². The average molecular weight is 414 g/mol. The molecule has 3 aromatic heterocycles. The van der Waals surface area contributed by atoms with E-state index in [-0.39, 0.29) is 5.56 Å². The molecular weight excluding hydrogens is 396 g/mol. The van der Waals surface area contributed by atoms with Crippen LogP contribution in [0.15, 0.2) is 71.5 Å². The van der Waals surface area contributed by atoms with Crippen molar-refractivity contribution in [2.24, 2.45) is 0 Å². The van der Waals surface area contributed by atoms with E-state index in [1.807, 2.05) is 48.5 Å². The first-order chi connectivity index (χ1) is 14.8. The van der Waals surface area contributed by atoms with Gasteiger partial charge in [0.1, 0.15) is 15.0 Å². The average Bonchev–Trinajstić information content (AvgIpc) is 3.19. The van der Waals surface area contributed by atoms with Crippen LogP contribution in [0.25, 0.3) is 42.8 Å². The van der Waals surface area contributed by atoms with Crippen molar-refractivity contribution >= 4 is 31.8 Å². The Hall–Kier alpha value is -3.42. The number of pyridine rings is 1. The van der Waals surface area contributed by atoms with Gasteiger partial charge in [-0.05, 0) is 17.2 Å². The van der Waals surface area contributed by atoms with Crippen LogP contribution in [0.1, 0.15) is 0 Å². The Kier molecular flexibility index (Phi) is 4.82. The molecule has 0 unspecified atom stereocenters. The van der Waals surface area contributed by atoms with E-state index in [9.17, 15) is 4.79 Å². The zero-order valence-electron chi connectivity index (χ0n) is 16.3. The van der Waals surface area contributed by atoms with Crippen LogP contribution in [-0.2, 0) is 11.3 Å². The van der Waals surface area contributed by atoms with E-state index in [2.05, 4.69) is 28.5 Å². The number of hydrogen-bond donors (Lipinski definition) is 0. The van der Waals surface area contributed by atoms with Crippen molar-refractivity contribution in [1.29, 1.82) is 0 Å². The van der Waals surface area contributed by atoms with E-state index < -0.39 is 0 Å². The second-order valence-electron chi connectivity index (χ2n) is 6.86. The van der Waals surface area contributed by atoms with Crippen molar-refractivity contribution in [3.05, 3.63) is 77.1 Å². The first-order valence-electron chi connectivity index (χ1n) is 9.57. The maximum Gasteiger partial charge on any atom is 0.287 e. The molecule has 7 heteroatoms. The van der Waals surface area contributed by atoms with Gasteiger partial charge in [-0.25, -0.2) is 9.67 Å². The monoisotopic (exact) mass is 414 g/mol. The molecule has 5 aromatic rings. The zero-order valence-corrected chi connectivity index (χ0v) is 17.1. The summed E-state index contributed by atoms with van der Waals surface area (Å²) >= 11 is 1.37. The molecule has 0 aliphatic rings. The third-order valence-corrected chi connectivity index (χ3v) is 6.04. The summed E-state index contributed by atoms with van der Waals surface area (Å²) in [5.41, 5.74) is 4.36. The highest BCUT2D eigenvalue weighted by Gasteiger charge is 2.19. The lowest BCUT2D eigenvalue weighted by Crippen LogP contribution is -2.25. The molecule has 148 valence electrons. The van der Waals surface area contributed by atoms with Crippen molar-refractivity contribution < 1.29 is 4.74 Å². The molecule has 0 aliphatic heterocycles. The predicted molar refractivity (Wildman–Crippen MR) is 120 cm³/mol. The summed E-state index contributed by atoms with van der Waals surface area (Å²) in [5.74, 6) is 0. The second kappa shape index (κ2) is 7.78. The quantitative estimate of drug-likeness (QED) is 0.427. The molecule has 6 nitrogen and oxygen atoms in total. The van der Waals surface area contributed by atoms with Gasteiger partial charge in [-0.15, -0.1) is 16.4 Å². The maximum atomic E-state index is 13.0. The van der Waals surface area contributed by atoms with Crippen molar-refractivity contribution in [1.82, 2.24) is 20.0 Å².